The van der Waals surface area contributed by atoms with Crippen LogP contribution in [0.25, 0.3) is 0 Å². The van der Waals surface area contributed by atoms with E-state index in [0.717, 1.165) is 12.3 Å². The average molecular weight is 300 g/mol. The van der Waals surface area contributed by atoms with Gasteiger partial charge >= 0.3 is 5.97 Å². The maximum atomic E-state index is 12.2. The van der Waals surface area contributed by atoms with Crippen LogP contribution in [0.4, 0.5) is 5.69 Å². The summed E-state index contributed by atoms with van der Waals surface area (Å²) in [6.07, 6.45) is 1.31. The average Bonchev–Trinajstić information content (AvgIpc) is 2.88. The number of nitro groups is 1. The molecule has 9 heteroatoms. The topological polar surface area (TPSA) is 114 Å². The number of likely N-dealkylation sites (tertiary alicyclic amines) is 1. The maximum absolute atomic E-state index is 12.2. The van der Waals surface area contributed by atoms with E-state index in [-0.39, 0.29) is 29.5 Å². The summed E-state index contributed by atoms with van der Waals surface area (Å²) in [6, 6.07) is 1.05. The lowest BCUT2D eigenvalue weighted by atomic mass is 10.1. The lowest BCUT2D eigenvalue weighted by Gasteiger charge is -2.16. The molecule has 0 spiro atoms. The smallest absolute Gasteiger partial charge is 0.308 e. The molecule has 1 aliphatic rings. The molecule has 2 heterocycles. The van der Waals surface area contributed by atoms with Crippen molar-refractivity contribution in [1.82, 2.24) is 9.88 Å². The molecule has 8 nitrogen and oxygen atoms in total. The fourth-order valence-corrected chi connectivity index (χ4v) is 2.19. The van der Waals surface area contributed by atoms with Crippen molar-refractivity contribution in [1.29, 1.82) is 0 Å². The zero-order valence-corrected chi connectivity index (χ0v) is 10.9. The van der Waals surface area contributed by atoms with Crippen molar-refractivity contribution in [2.24, 2.45) is 5.92 Å². The molecular weight excluding hydrogens is 290 g/mol. The van der Waals surface area contributed by atoms with Gasteiger partial charge in [0.2, 0.25) is 0 Å². The summed E-state index contributed by atoms with van der Waals surface area (Å²) in [6.45, 7) is 0.335. The highest BCUT2D eigenvalue weighted by Crippen LogP contribution is 2.24. The second kappa shape index (κ2) is 5.41. The predicted octanol–water partition coefficient (Wildman–Crippen LogP) is 1.19. The molecule has 0 saturated carbocycles. The quantitative estimate of drug-likeness (QED) is 0.509. The predicted molar refractivity (Wildman–Crippen MR) is 67.5 cm³/mol. The van der Waals surface area contributed by atoms with Crippen LogP contribution < -0.4 is 0 Å². The fourth-order valence-electron chi connectivity index (χ4n) is 2.00. The lowest BCUT2D eigenvalue weighted by molar-refractivity contribution is -0.385. The number of carbonyl (C=O) groups is 2. The third-order valence-corrected chi connectivity index (χ3v) is 3.39. The summed E-state index contributed by atoms with van der Waals surface area (Å²) in [7, 11) is 0. The molecule has 1 aromatic heterocycles. The molecule has 20 heavy (non-hydrogen) atoms. The van der Waals surface area contributed by atoms with Gasteiger partial charge in [-0.1, -0.05) is 11.6 Å². The third kappa shape index (κ3) is 2.69. The van der Waals surface area contributed by atoms with Crippen LogP contribution in [-0.4, -0.2) is 44.9 Å². The largest absolute Gasteiger partial charge is 0.481 e. The summed E-state index contributed by atoms with van der Waals surface area (Å²) < 4.78 is 0. The molecule has 1 amide bonds. The van der Waals surface area contributed by atoms with Crippen molar-refractivity contribution < 1.29 is 19.6 Å². The Hall–Kier alpha value is -2.22. The highest BCUT2D eigenvalue weighted by molar-refractivity contribution is 6.32. The molecule has 1 aliphatic heterocycles. The molecule has 0 aromatic carbocycles. The number of halogens is 1. The number of amides is 1. The molecular formula is C11H10ClN3O5. The van der Waals surface area contributed by atoms with E-state index in [1.165, 1.54) is 4.90 Å². The zero-order valence-electron chi connectivity index (χ0n) is 10.2. The number of hydrogen-bond donors (Lipinski definition) is 1. The highest BCUT2D eigenvalue weighted by Gasteiger charge is 2.32. The number of hydrogen-bond acceptors (Lipinski definition) is 5. The van der Waals surface area contributed by atoms with Gasteiger partial charge in [-0.2, -0.15) is 0 Å². The van der Waals surface area contributed by atoms with Crippen molar-refractivity contribution in [3.05, 3.63) is 33.1 Å². The van der Waals surface area contributed by atoms with E-state index in [1.807, 2.05) is 0 Å². The number of carbonyl (C=O) groups excluding carboxylic acids is 1. The normalized spacial score (nSPS) is 18.1. The first-order chi connectivity index (χ1) is 9.40. The fraction of sp³-hybridized carbons (Fsp3) is 0.364. The van der Waals surface area contributed by atoms with Crippen LogP contribution in [0.2, 0.25) is 5.15 Å². The highest BCUT2D eigenvalue weighted by atomic mass is 35.5. The number of aromatic nitrogens is 1. The van der Waals surface area contributed by atoms with Gasteiger partial charge in [-0.05, 0) is 6.42 Å². The molecule has 0 aliphatic carbocycles. The molecule has 1 saturated heterocycles. The number of carboxylic acids is 1. The zero-order chi connectivity index (χ0) is 14.9. The maximum Gasteiger partial charge on any atom is 0.308 e. The van der Waals surface area contributed by atoms with Crippen molar-refractivity contribution in [2.75, 3.05) is 13.1 Å². The van der Waals surface area contributed by atoms with E-state index in [4.69, 9.17) is 16.7 Å². The lowest BCUT2D eigenvalue weighted by Crippen LogP contribution is -2.30. The van der Waals surface area contributed by atoms with E-state index >= 15 is 0 Å². The summed E-state index contributed by atoms with van der Waals surface area (Å²) in [5.41, 5.74) is -0.432. The standard InChI is InChI=1S/C11H10ClN3O5/c12-9-8(3-7(4-13-9)15(19)20)10(16)14-2-1-6(5-14)11(17)18/h3-4,6H,1-2,5H2,(H,17,18). The van der Waals surface area contributed by atoms with Crippen LogP contribution in [-0.2, 0) is 4.79 Å². The summed E-state index contributed by atoms with van der Waals surface area (Å²) in [5.74, 6) is -2.14. The number of nitrogens with zero attached hydrogens (tertiary/aromatic N) is 3. The van der Waals surface area contributed by atoms with Crippen LogP contribution >= 0.6 is 11.6 Å². The van der Waals surface area contributed by atoms with E-state index in [0.29, 0.717) is 6.42 Å². The van der Waals surface area contributed by atoms with Crippen LogP contribution in [0.5, 0.6) is 0 Å². The Labute approximate surface area is 118 Å². The minimum absolute atomic E-state index is 0.0627. The first kappa shape index (κ1) is 14.2. The Morgan fingerprint density at radius 2 is 2.25 bits per heavy atom. The molecule has 2 rings (SSSR count). The van der Waals surface area contributed by atoms with Gasteiger partial charge in [0.15, 0.2) is 0 Å². The Balaban J connectivity index is 2.23. The van der Waals surface area contributed by atoms with Crippen LogP contribution in [0, 0.1) is 16.0 Å². The van der Waals surface area contributed by atoms with Gasteiger partial charge in [-0.3, -0.25) is 19.7 Å². The molecule has 1 unspecified atom stereocenters. The first-order valence-electron chi connectivity index (χ1n) is 5.72. The minimum atomic E-state index is -0.969. The van der Waals surface area contributed by atoms with Crippen LogP contribution in [0.3, 0.4) is 0 Å². The van der Waals surface area contributed by atoms with Crippen LogP contribution in [0.1, 0.15) is 16.8 Å². The SMILES string of the molecule is O=C(O)C1CCN(C(=O)c2cc([N+](=O)[O-])cnc2Cl)C1. The molecule has 1 N–H and O–H groups in total. The van der Waals surface area contributed by atoms with Crippen molar-refractivity contribution in [3.63, 3.8) is 0 Å². The summed E-state index contributed by atoms with van der Waals surface area (Å²) in [5, 5.41) is 19.4. The van der Waals surface area contributed by atoms with E-state index in [2.05, 4.69) is 4.98 Å². The Morgan fingerprint density at radius 3 is 2.80 bits per heavy atom. The Morgan fingerprint density at radius 1 is 1.55 bits per heavy atom. The van der Waals surface area contributed by atoms with Crippen LogP contribution in [0.15, 0.2) is 12.3 Å². The van der Waals surface area contributed by atoms with Gasteiger partial charge in [-0.15, -0.1) is 0 Å². The molecule has 1 atom stereocenters. The van der Waals surface area contributed by atoms with Gasteiger partial charge in [0, 0.05) is 19.2 Å². The van der Waals surface area contributed by atoms with E-state index < -0.39 is 22.7 Å². The third-order valence-electron chi connectivity index (χ3n) is 3.09. The molecule has 0 bridgehead atoms. The van der Waals surface area contributed by atoms with Crippen molar-refractivity contribution >= 4 is 29.2 Å². The van der Waals surface area contributed by atoms with E-state index in [9.17, 15) is 19.7 Å². The van der Waals surface area contributed by atoms with Crippen molar-refractivity contribution in [3.8, 4) is 0 Å². The van der Waals surface area contributed by atoms with Gasteiger partial charge in [0.05, 0.1) is 16.4 Å². The van der Waals surface area contributed by atoms with Gasteiger partial charge in [-0.25, -0.2) is 4.98 Å². The summed E-state index contributed by atoms with van der Waals surface area (Å²) in [4.78, 5) is 38.0. The van der Waals surface area contributed by atoms with Crippen molar-refractivity contribution in [2.45, 2.75) is 6.42 Å². The number of carboxylic acid groups (broad SMARTS) is 1. The molecule has 1 aromatic rings. The monoisotopic (exact) mass is 299 g/mol. The van der Waals surface area contributed by atoms with Gasteiger partial charge in [0.1, 0.15) is 11.3 Å². The first-order valence-corrected chi connectivity index (χ1v) is 6.10. The number of rotatable bonds is 3. The Bertz CT molecular complexity index is 591. The summed E-state index contributed by atoms with van der Waals surface area (Å²) >= 11 is 5.78. The van der Waals surface area contributed by atoms with E-state index in [1.54, 1.807) is 0 Å². The second-order valence-corrected chi connectivity index (χ2v) is 4.72. The van der Waals surface area contributed by atoms with Gasteiger partial charge in [0.25, 0.3) is 11.6 Å². The number of aliphatic carboxylic acids is 1. The second-order valence-electron chi connectivity index (χ2n) is 4.36. The molecule has 1 fully saturated rings. The number of pyridine rings is 1. The Kier molecular flexibility index (Phi) is 3.84. The molecule has 106 valence electrons. The van der Waals surface area contributed by atoms with Gasteiger partial charge < -0.3 is 10.0 Å². The molecule has 0 radical (unpaired) electrons. The minimum Gasteiger partial charge on any atom is -0.481 e.